The number of aliphatic hydroxyl groups excluding tert-OH is 1. The van der Waals surface area contributed by atoms with Crippen molar-refractivity contribution in [2.24, 2.45) is 5.92 Å². The number of pyridine rings is 1. The Morgan fingerprint density at radius 3 is 2.82 bits per heavy atom. The average molecular weight is 468 g/mol. The van der Waals surface area contributed by atoms with Gasteiger partial charge in [0.1, 0.15) is 11.7 Å². The fourth-order valence-corrected chi connectivity index (χ4v) is 4.11. The number of carbonyl (C=O) groups is 2. The Balaban J connectivity index is 1.87. The maximum Gasteiger partial charge on any atom is 0.335 e. The van der Waals surface area contributed by atoms with Gasteiger partial charge in [-0.25, -0.2) is 9.78 Å². The summed E-state index contributed by atoms with van der Waals surface area (Å²) in [4.78, 5) is 32.9. The number of hydrogen-bond acceptors (Lipinski definition) is 6. The van der Waals surface area contributed by atoms with Crippen LogP contribution in [0.15, 0.2) is 42.6 Å². The predicted molar refractivity (Wildman–Crippen MR) is 130 cm³/mol. The Morgan fingerprint density at radius 1 is 1.38 bits per heavy atom. The van der Waals surface area contributed by atoms with Crippen molar-refractivity contribution in [3.63, 3.8) is 0 Å². The molecule has 0 unspecified atom stereocenters. The van der Waals surface area contributed by atoms with Crippen LogP contribution in [0.1, 0.15) is 52.6 Å². The number of carboxylic acids is 1. The molecule has 0 saturated heterocycles. The van der Waals surface area contributed by atoms with Gasteiger partial charge in [0, 0.05) is 31.7 Å². The highest BCUT2D eigenvalue weighted by Crippen LogP contribution is 2.28. The number of benzene rings is 1. The molecule has 0 spiro atoms. The second kappa shape index (κ2) is 11.3. The molecule has 34 heavy (non-hydrogen) atoms. The van der Waals surface area contributed by atoms with Gasteiger partial charge in [0.25, 0.3) is 5.91 Å². The monoisotopic (exact) mass is 467 g/mol. The first kappa shape index (κ1) is 25.4. The lowest BCUT2D eigenvalue weighted by Gasteiger charge is -2.37. The van der Waals surface area contributed by atoms with Crippen molar-refractivity contribution in [3.8, 4) is 5.88 Å². The van der Waals surface area contributed by atoms with Gasteiger partial charge in [-0.2, -0.15) is 0 Å². The van der Waals surface area contributed by atoms with E-state index in [4.69, 9.17) is 4.74 Å². The third-order valence-corrected chi connectivity index (χ3v) is 6.02. The molecule has 0 fully saturated rings. The molecule has 0 bridgehead atoms. The summed E-state index contributed by atoms with van der Waals surface area (Å²) in [5.41, 5.74) is 2.32. The van der Waals surface area contributed by atoms with Crippen molar-refractivity contribution in [2.45, 2.75) is 39.5 Å². The summed E-state index contributed by atoms with van der Waals surface area (Å²) in [7, 11) is 1.95. The van der Waals surface area contributed by atoms with E-state index in [1.165, 1.54) is 0 Å². The minimum Gasteiger partial charge on any atom is -0.478 e. The van der Waals surface area contributed by atoms with Crippen LogP contribution in [0, 0.1) is 5.92 Å². The van der Waals surface area contributed by atoms with Crippen molar-refractivity contribution < 1.29 is 24.5 Å². The Morgan fingerprint density at radius 2 is 2.15 bits per heavy atom. The molecule has 1 amide bonds. The quantitative estimate of drug-likeness (QED) is 0.615. The Hall–Kier alpha value is -3.23. The van der Waals surface area contributed by atoms with Gasteiger partial charge in [-0.1, -0.05) is 31.2 Å². The van der Waals surface area contributed by atoms with E-state index in [9.17, 15) is 19.8 Å². The molecular formula is C26H33N3O5. The summed E-state index contributed by atoms with van der Waals surface area (Å²) in [5.74, 6) is -0.911. The van der Waals surface area contributed by atoms with E-state index in [0.29, 0.717) is 25.2 Å². The standard InChI is InChI=1S/C26H33N3O5/c1-5-7-19-11-22-24(27-12-19)34-23(17(2)13-29(25(22)31)18(3)16-30)15-28(4)14-20-8-6-9-21(10-20)26(32)33/h5-12,17-18,23,30H,13-16H2,1-4H3,(H,32,33)/t17-,18-,23+/m1/s1. The number of amides is 1. The molecule has 2 aromatic rings. The number of aromatic nitrogens is 1. The van der Waals surface area contributed by atoms with Gasteiger partial charge in [0.15, 0.2) is 0 Å². The zero-order chi connectivity index (χ0) is 24.8. The first-order valence-corrected chi connectivity index (χ1v) is 11.5. The zero-order valence-corrected chi connectivity index (χ0v) is 20.1. The molecule has 1 aliphatic rings. The number of carbonyl (C=O) groups excluding carboxylic acids is 1. The number of hydrogen-bond donors (Lipinski definition) is 2. The van der Waals surface area contributed by atoms with E-state index in [1.807, 2.05) is 46.0 Å². The van der Waals surface area contributed by atoms with E-state index in [-0.39, 0.29) is 42.0 Å². The molecule has 2 heterocycles. The Labute approximate surface area is 200 Å². The topological polar surface area (TPSA) is 103 Å². The summed E-state index contributed by atoms with van der Waals surface area (Å²) in [6.45, 7) is 7.13. The summed E-state index contributed by atoms with van der Waals surface area (Å²) in [6, 6.07) is 8.31. The molecule has 0 saturated carbocycles. The first-order chi connectivity index (χ1) is 16.2. The number of aromatic carboxylic acids is 1. The maximum atomic E-state index is 13.4. The number of nitrogens with zero attached hydrogens (tertiary/aromatic N) is 3. The highest BCUT2D eigenvalue weighted by atomic mass is 16.5. The van der Waals surface area contributed by atoms with Crippen LogP contribution in [-0.2, 0) is 6.54 Å². The van der Waals surface area contributed by atoms with Gasteiger partial charge in [-0.3, -0.25) is 9.69 Å². The van der Waals surface area contributed by atoms with Gasteiger partial charge < -0.3 is 19.8 Å². The highest BCUT2D eigenvalue weighted by Gasteiger charge is 2.34. The molecule has 0 radical (unpaired) electrons. The smallest absolute Gasteiger partial charge is 0.335 e. The third kappa shape index (κ3) is 6.01. The normalized spacial score (nSPS) is 19.5. The lowest BCUT2D eigenvalue weighted by molar-refractivity contribution is 0.0325. The highest BCUT2D eigenvalue weighted by molar-refractivity contribution is 5.97. The number of rotatable bonds is 8. The Kier molecular flexibility index (Phi) is 8.41. The summed E-state index contributed by atoms with van der Waals surface area (Å²) in [6.07, 6.45) is 5.16. The molecule has 0 aliphatic carbocycles. The third-order valence-electron chi connectivity index (χ3n) is 6.02. The predicted octanol–water partition coefficient (Wildman–Crippen LogP) is 3.17. The van der Waals surface area contributed by atoms with Crippen molar-refractivity contribution in [3.05, 3.63) is 64.9 Å². The fraction of sp³-hybridized carbons (Fsp3) is 0.423. The van der Waals surface area contributed by atoms with E-state index >= 15 is 0 Å². The van der Waals surface area contributed by atoms with E-state index in [0.717, 1.165) is 11.1 Å². The van der Waals surface area contributed by atoms with Gasteiger partial charge >= 0.3 is 5.97 Å². The molecule has 182 valence electrons. The maximum absolute atomic E-state index is 13.4. The van der Waals surface area contributed by atoms with Crippen LogP contribution >= 0.6 is 0 Å². The SMILES string of the molecule is CC=Cc1cnc2c(c1)C(=O)N([C@H](C)CO)C[C@@H](C)[C@H](CN(C)Cc1cccc(C(=O)O)c1)O2. The van der Waals surface area contributed by atoms with E-state index < -0.39 is 5.97 Å². The van der Waals surface area contributed by atoms with Crippen LogP contribution in [0.5, 0.6) is 5.88 Å². The first-order valence-electron chi connectivity index (χ1n) is 11.5. The van der Waals surface area contributed by atoms with Crippen molar-refractivity contribution in [1.82, 2.24) is 14.8 Å². The van der Waals surface area contributed by atoms with Gasteiger partial charge in [-0.15, -0.1) is 0 Å². The lowest BCUT2D eigenvalue weighted by atomic mass is 9.99. The number of likely N-dealkylation sites (N-methyl/N-ethyl adjacent to an activating group) is 1. The minimum absolute atomic E-state index is 0.0316. The fourth-order valence-electron chi connectivity index (χ4n) is 4.11. The molecule has 1 aliphatic heterocycles. The van der Waals surface area contributed by atoms with Gasteiger partial charge in [0.05, 0.1) is 18.2 Å². The Bertz CT molecular complexity index is 1050. The lowest BCUT2D eigenvalue weighted by Crippen LogP contribution is -2.49. The van der Waals surface area contributed by atoms with Gasteiger partial charge in [0.2, 0.25) is 5.88 Å². The van der Waals surface area contributed by atoms with Crippen molar-refractivity contribution in [1.29, 1.82) is 0 Å². The van der Waals surface area contributed by atoms with Crippen molar-refractivity contribution >= 4 is 18.0 Å². The van der Waals surface area contributed by atoms with Crippen LogP contribution in [0.25, 0.3) is 6.08 Å². The van der Waals surface area contributed by atoms with Crippen molar-refractivity contribution in [2.75, 3.05) is 26.7 Å². The number of aliphatic hydroxyl groups is 1. The zero-order valence-electron chi connectivity index (χ0n) is 20.1. The van der Waals surface area contributed by atoms with Crippen LogP contribution in [0.2, 0.25) is 0 Å². The van der Waals surface area contributed by atoms with Crippen LogP contribution in [0.3, 0.4) is 0 Å². The molecule has 2 N–H and O–H groups in total. The number of ether oxygens (including phenoxy) is 1. The summed E-state index contributed by atoms with van der Waals surface area (Å²) < 4.78 is 6.30. The van der Waals surface area contributed by atoms with E-state index in [1.54, 1.807) is 35.4 Å². The molecule has 1 aromatic carbocycles. The summed E-state index contributed by atoms with van der Waals surface area (Å²) >= 11 is 0. The summed E-state index contributed by atoms with van der Waals surface area (Å²) in [5, 5.41) is 19.0. The number of carboxylic acid groups (broad SMARTS) is 1. The second-order valence-electron chi connectivity index (χ2n) is 8.95. The second-order valence-corrected chi connectivity index (χ2v) is 8.95. The van der Waals surface area contributed by atoms with Crippen LogP contribution in [0.4, 0.5) is 0 Å². The van der Waals surface area contributed by atoms with Crippen LogP contribution < -0.4 is 4.74 Å². The van der Waals surface area contributed by atoms with Crippen LogP contribution in [-0.4, -0.2) is 75.8 Å². The number of allylic oxidation sites excluding steroid dienone is 1. The molecule has 8 nitrogen and oxygen atoms in total. The van der Waals surface area contributed by atoms with Gasteiger partial charge in [-0.05, 0) is 50.2 Å². The van der Waals surface area contributed by atoms with E-state index in [2.05, 4.69) is 9.88 Å². The minimum atomic E-state index is -0.954. The number of fused-ring (bicyclic) bond motifs is 1. The molecule has 8 heteroatoms. The molecule has 3 rings (SSSR count). The molecule has 3 atom stereocenters. The molecular weight excluding hydrogens is 434 g/mol. The average Bonchev–Trinajstić information content (AvgIpc) is 2.81. The largest absolute Gasteiger partial charge is 0.478 e. The molecule has 1 aromatic heterocycles.